The molecule has 1 aliphatic rings. The molecule has 0 aliphatic carbocycles. The van der Waals surface area contributed by atoms with E-state index in [9.17, 15) is 9.59 Å². The van der Waals surface area contributed by atoms with Gasteiger partial charge in [0.25, 0.3) is 5.91 Å². The number of anilines is 1. The lowest BCUT2D eigenvalue weighted by molar-refractivity contribution is -0.125. The van der Waals surface area contributed by atoms with Crippen molar-refractivity contribution in [2.45, 2.75) is 13.0 Å². The molecule has 30 heavy (non-hydrogen) atoms. The number of nitrogens with one attached hydrogen (secondary N) is 1. The number of aryl methyl sites for hydroxylation is 1. The Hall–Kier alpha value is -3.52. The number of hydrogen-bond acceptors (Lipinski definition) is 7. The van der Waals surface area contributed by atoms with E-state index < -0.39 is 18.0 Å². The summed E-state index contributed by atoms with van der Waals surface area (Å²) in [6, 6.07) is 13.1. The Balaban J connectivity index is 1.59. The Morgan fingerprint density at radius 1 is 1.13 bits per heavy atom. The first-order valence-corrected chi connectivity index (χ1v) is 9.48. The summed E-state index contributed by atoms with van der Waals surface area (Å²) >= 11 is 6.21. The highest BCUT2D eigenvalue weighted by Crippen LogP contribution is 2.38. The summed E-state index contributed by atoms with van der Waals surface area (Å²) in [5, 5.41) is 6.54. The molecule has 0 radical (unpaired) electrons. The number of aromatic nitrogens is 1. The minimum Gasteiger partial charge on any atom is -0.486 e. The predicted octanol–water partition coefficient (Wildman–Crippen LogP) is 3.94. The van der Waals surface area contributed by atoms with Gasteiger partial charge in [0.1, 0.15) is 19.0 Å². The lowest BCUT2D eigenvalue weighted by Gasteiger charge is -2.21. The topological polar surface area (TPSA) is 99.9 Å². The third kappa shape index (κ3) is 4.23. The maximum Gasteiger partial charge on any atom is 0.339 e. The second-order valence-corrected chi connectivity index (χ2v) is 6.90. The number of carbonyl (C=O) groups excluding carboxylic acids is 2. The van der Waals surface area contributed by atoms with E-state index in [0.717, 1.165) is 0 Å². The van der Waals surface area contributed by atoms with Gasteiger partial charge in [0, 0.05) is 11.6 Å². The van der Waals surface area contributed by atoms with Crippen LogP contribution in [0, 0.1) is 6.92 Å². The van der Waals surface area contributed by atoms with Crippen molar-refractivity contribution in [1.29, 1.82) is 0 Å². The zero-order valence-corrected chi connectivity index (χ0v) is 16.6. The fourth-order valence-corrected chi connectivity index (χ4v) is 3.19. The van der Waals surface area contributed by atoms with Crippen LogP contribution in [0.5, 0.6) is 11.5 Å². The lowest BCUT2D eigenvalue weighted by atomic mass is 10.1. The first kappa shape index (κ1) is 19.8. The van der Waals surface area contributed by atoms with Gasteiger partial charge in [-0.05, 0) is 19.1 Å². The molecule has 1 aliphatic heterocycles. The standard InChI is InChI=1S/C21H17ClN2O6/c1-12-9-17(24-30-12)23-20(25)18(13-5-3-2-4-6-13)29-21(26)14-10-15(22)19-16(11-14)27-7-8-28-19/h2-6,9-11,18H,7-8H2,1H3,(H,23,24,25). The quantitative estimate of drug-likeness (QED) is 0.614. The molecule has 154 valence electrons. The van der Waals surface area contributed by atoms with Crippen molar-refractivity contribution in [3.63, 3.8) is 0 Å². The van der Waals surface area contributed by atoms with Gasteiger partial charge in [-0.15, -0.1) is 0 Å². The van der Waals surface area contributed by atoms with Crippen LogP contribution in [-0.4, -0.2) is 30.2 Å². The summed E-state index contributed by atoms with van der Waals surface area (Å²) in [5.41, 5.74) is 0.627. The van der Waals surface area contributed by atoms with Gasteiger partial charge >= 0.3 is 5.97 Å². The summed E-state index contributed by atoms with van der Waals surface area (Å²) < 4.78 is 21.5. The average Bonchev–Trinajstić information content (AvgIpc) is 3.16. The highest BCUT2D eigenvalue weighted by atomic mass is 35.5. The molecule has 0 bridgehead atoms. The van der Waals surface area contributed by atoms with Gasteiger partial charge < -0.3 is 24.1 Å². The molecule has 3 aromatic rings. The van der Waals surface area contributed by atoms with Crippen LogP contribution in [0.1, 0.15) is 27.8 Å². The zero-order valence-electron chi connectivity index (χ0n) is 15.9. The summed E-state index contributed by atoms with van der Waals surface area (Å²) in [4.78, 5) is 25.7. The predicted molar refractivity (Wildman–Crippen MR) is 107 cm³/mol. The molecule has 4 rings (SSSR count). The van der Waals surface area contributed by atoms with Gasteiger partial charge in [-0.2, -0.15) is 0 Å². The van der Waals surface area contributed by atoms with E-state index in [4.69, 9.17) is 30.3 Å². The second kappa shape index (κ2) is 8.46. The first-order valence-electron chi connectivity index (χ1n) is 9.10. The molecule has 1 N–H and O–H groups in total. The number of benzene rings is 2. The van der Waals surface area contributed by atoms with E-state index in [1.54, 1.807) is 43.3 Å². The third-order valence-electron chi connectivity index (χ3n) is 4.28. The molecule has 1 unspecified atom stereocenters. The molecule has 1 amide bonds. The highest BCUT2D eigenvalue weighted by Gasteiger charge is 2.28. The molecule has 1 atom stereocenters. The van der Waals surface area contributed by atoms with Crippen LogP contribution >= 0.6 is 11.6 Å². The lowest BCUT2D eigenvalue weighted by Crippen LogP contribution is -2.26. The number of halogens is 1. The number of nitrogens with zero attached hydrogens (tertiary/aromatic N) is 1. The summed E-state index contributed by atoms with van der Waals surface area (Å²) in [6.07, 6.45) is -1.22. The number of fused-ring (bicyclic) bond motifs is 1. The van der Waals surface area contributed by atoms with Crippen molar-refractivity contribution in [2.24, 2.45) is 0 Å². The average molecular weight is 429 g/mol. The van der Waals surface area contributed by atoms with Gasteiger partial charge in [0.05, 0.1) is 10.6 Å². The number of carbonyl (C=O) groups is 2. The number of hydrogen-bond donors (Lipinski definition) is 1. The Kier molecular flexibility index (Phi) is 5.58. The largest absolute Gasteiger partial charge is 0.486 e. The van der Waals surface area contributed by atoms with Crippen molar-refractivity contribution >= 4 is 29.3 Å². The Morgan fingerprint density at radius 2 is 1.90 bits per heavy atom. The molecule has 8 nitrogen and oxygen atoms in total. The Morgan fingerprint density at radius 3 is 2.63 bits per heavy atom. The van der Waals surface area contributed by atoms with Crippen LogP contribution in [-0.2, 0) is 9.53 Å². The van der Waals surface area contributed by atoms with E-state index in [0.29, 0.717) is 36.0 Å². The molecule has 0 fully saturated rings. The number of ether oxygens (including phenoxy) is 3. The fourth-order valence-electron chi connectivity index (χ4n) is 2.92. The first-order chi connectivity index (χ1) is 14.5. The molecule has 0 saturated carbocycles. The Labute approximate surface area is 176 Å². The van der Waals surface area contributed by atoms with E-state index in [1.807, 2.05) is 0 Å². The smallest absolute Gasteiger partial charge is 0.339 e. The molecular weight excluding hydrogens is 412 g/mol. The normalized spacial score (nSPS) is 13.4. The summed E-state index contributed by atoms with van der Waals surface area (Å²) in [6.45, 7) is 2.41. The molecule has 2 aromatic carbocycles. The van der Waals surface area contributed by atoms with Crippen molar-refractivity contribution in [3.8, 4) is 11.5 Å². The second-order valence-electron chi connectivity index (χ2n) is 6.49. The highest BCUT2D eigenvalue weighted by molar-refractivity contribution is 6.32. The van der Waals surface area contributed by atoms with Crippen molar-refractivity contribution in [2.75, 3.05) is 18.5 Å². The minimum atomic E-state index is -1.22. The monoisotopic (exact) mass is 428 g/mol. The van der Waals surface area contributed by atoms with E-state index in [-0.39, 0.29) is 16.4 Å². The van der Waals surface area contributed by atoms with Crippen LogP contribution in [0.15, 0.2) is 53.1 Å². The number of rotatable bonds is 5. The molecular formula is C21H17ClN2O6. The maximum absolute atomic E-state index is 12.8. The molecule has 9 heteroatoms. The van der Waals surface area contributed by atoms with Crippen molar-refractivity contribution in [3.05, 3.63) is 70.4 Å². The number of esters is 1. The summed E-state index contributed by atoms with van der Waals surface area (Å²) in [5.74, 6) is 0.153. The van der Waals surface area contributed by atoms with Crippen LogP contribution in [0.4, 0.5) is 5.82 Å². The SMILES string of the molecule is Cc1cc(NC(=O)C(OC(=O)c2cc(Cl)c3c(c2)OCCO3)c2ccccc2)no1. The van der Waals surface area contributed by atoms with Gasteiger partial charge in [0.2, 0.25) is 6.10 Å². The molecule has 1 aromatic heterocycles. The third-order valence-corrected chi connectivity index (χ3v) is 4.56. The summed E-state index contributed by atoms with van der Waals surface area (Å²) in [7, 11) is 0. The van der Waals surface area contributed by atoms with E-state index in [2.05, 4.69) is 10.5 Å². The van der Waals surface area contributed by atoms with Gasteiger partial charge in [-0.3, -0.25) is 4.79 Å². The molecule has 0 spiro atoms. The van der Waals surface area contributed by atoms with Crippen LogP contribution in [0.2, 0.25) is 5.02 Å². The van der Waals surface area contributed by atoms with Gasteiger partial charge in [0.15, 0.2) is 17.3 Å². The van der Waals surface area contributed by atoms with E-state index in [1.165, 1.54) is 12.1 Å². The van der Waals surface area contributed by atoms with Crippen molar-refractivity contribution in [1.82, 2.24) is 5.16 Å². The minimum absolute atomic E-state index is 0.135. The van der Waals surface area contributed by atoms with Gasteiger partial charge in [-0.1, -0.05) is 47.1 Å². The zero-order chi connectivity index (χ0) is 21.1. The van der Waals surface area contributed by atoms with Crippen LogP contribution in [0.25, 0.3) is 0 Å². The van der Waals surface area contributed by atoms with Gasteiger partial charge in [-0.25, -0.2) is 4.79 Å². The maximum atomic E-state index is 12.8. The number of amides is 1. The molecule has 0 saturated heterocycles. The molecule has 2 heterocycles. The van der Waals surface area contributed by atoms with Crippen LogP contribution < -0.4 is 14.8 Å². The fraction of sp³-hybridized carbons (Fsp3) is 0.190. The Bertz CT molecular complexity index is 1080. The van der Waals surface area contributed by atoms with E-state index >= 15 is 0 Å². The van der Waals surface area contributed by atoms with Crippen LogP contribution in [0.3, 0.4) is 0 Å². The van der Waals surface area contributed by atoms with Crippen molar-refractivity contribution < 1.29 is 28.3 Å².